The lowest BCUT2D eigenvalue weighted by Gasteiger charge is -2.17. The second-order valence-corrected chi connectivity index (χ2v) is 8.34. The quantitative estimate of drug-likeness (QED) is 0.516. The molecule has 34 heavy (non-hydrogen) atoms. The zero-order valence-corrected chi connectivity index (χ0v) is 18.9. The minimum absolute atomic E-state index is 0.0179. The molecule has 180 valence electrons. The van der Waals surface area contributed by atoms with Crippen LogP contribution in [0.5, 0.6) is 0 Å². The summed E-state index contributed by atoms with van der Waals surface area (Å²) in [5.41, 5.74) is 4.61. The van der Waals surface area contributed by atoms with E-state index in [9.17, 15) is 14.4 Å². The Kier molecular flexibility index (Phi) is 7.44. The van der Waals surface area contributed by atoms with Gasteiger partial charge in [0.2, 0.25) is 5.91 Å². The number of fused-ring (bicyclic) bond motifs is 3. The smallest absolute Gasteiger partial charge is 0.407 e. The highest BCUT2D eigenvalue weighted by atomic mass is 16.6. The number of ether oxygens (including phenoxy) is 3. The third kappa shape index (κ3) is 5.21. The molecule has 1 heterocycles. The van der Waals surface area contributed by atoms with Crippen molar-refractivity contribution in [3.8, 4) is 11.1 Å². The van der Waals surface area contributed by atoms with Gasteiger partial charge < -0.3 is 30.0 Å². The van der Waals surface area contributed by atoms with Crippen molar-refractivity contribution >= 4 is 18.0 Å². The molecule has 4 rings (SSSR count). The van der Waals surface area contributed by atoms with Crippen LogP contribution in [-0.2, 0) is 23.8 Å². The van der Waals surface area contributed by atoms with Crippen LogP contribution in [0.3, 0.4) is 0 Å². The molecule has 2 aromatic rings. The highest BCUT2D eigenvalue weighted by Gasteiger charge is 2.32. The van der Waals surface area contributed by atoms with Gasteiger partial charge in [0.05, 0.1) is 12.6 Å². The minimum atomic E-state index is -1.15. The Hall–Kier alpha value is -3.43. The van der Waals surface area contributed by atoms with Crippen molar-refractivity contribution in [3.63, 3.8) is 0 Å². The highest BCUT2D eigenvalue weighted by Crippen LogP contribution is 2.44. The van der Waals surface area contributed by atoms with Crippen LogP contribution in [0.2, 0.25) is 0 Å². The van der Waals surface area contributed by atoms with E-state index in [0.717, 1.165) is 22.3 Å². The summed E-state index contributed by atoms with van der Waals surface area (Å²) in [4.78, 5) is 35.5. The monoisotopic (exact) mass is 468 g/mol. The van der Waals surface area contributed by atoms with Crippen LogP contribution < -0.4 is 10.6 Å². The van der Waals surface area contributed by atoms with Crippen molar-refractivity contribution in [2.75, 3.05) is 26.8 Å². The van der Waals surface area contributed by atoms with Crippen molar-refractivity contribution in [1.29, 1.82) is 0 Å². The third-order valence-electron chi connectivity index (χ3n) is 6.24. The highest BCUT2D eigenvalue weighted by molar-refractivity contribution is 5.82. The second-order valence-electron chi connectivity index (χ2n) is 8.34. The Morgan fingerprint density at radius 3 is 2.29 bits per heavy atom. The van der Waals surface area contributed by atoms with Crippen molar-refractivity contribution in [2.24, 2.45) is 0 Å². The Morgan fingerprint density at radius 2 is 1.68 bits per heavy atom. The lowest BCUT2D eigenvalue weighted by molar-refractivity contribution is -0.148. The summed E-state index contributed by atoms with van der Waals surface area (Å²) in [5.74, 6) is -1.57. The first-order valence-electron chi connectivity index (χ1n) is 11.3. The zero-order chi connectivity index (χ0) is 24.1. The number of aliphatic carboxylic acids is 1. The maximum Gasteiger partial charge on any atom is 0.407 e. The van der Waals surface area contributed by atoms with Gasteiger partial charge >= 0.3 is 12.1 Å². The molecule has 2 amide bonds. The van der Waals surface area contributed by atoms with Crippen LogP contribution in [0.15, 0.2) is 48.5 Å². The Bertz CT molecular complexity index is 1010. The van der Waals surface area contributed by atoms with Gasteiger partial charge in [0, 0.05) is 19.6 Å². The molecule has 1 aliphatic carbocycles. The third-order valence-corrected chi connectivity index (χ3v) is 6.24. The molecule has 2 aliphatic rings. The predicted octanol–water partition coefficient (Wildman–Crippen LogP) is 2.29. The number of amides is 2. The van der Waals surface area contributed by atoms with E-state index in [1.165, 1.54) is 7.11 Å². The fraction of sp³-hybridized carbons (Fsp3) is 0.400. The summed E-state index contributed by atoms with van der Waals surface area (Å²) in [7, 11) is 1.27. The van der Waals surface area contributed by atoms with E-state index in [-0.39, 0.29) is 31.7 Å². The van der Waals surface area contributed by atoms with Crippen molar-refractivity contribution in [1.82, 2.24) is 10.6 Å². The van der Waals surface area contributed by atoms with Gasteiger partial charge in [0.15, 0.2) is 6.10 Å². The first-order chi connectivity index (χ1) is 16.5. The van der Waals surface area contributed by atoms with E-state index in [4.69, 9.17) is 19.3 Å². The SMILES string of the molecule is COC(CNC(=O)C1CCC(CNC(=O)OCC2c3ccccc3-c3ccccc32)O1)C(=O)O. The number of carbonyl (C=O) groups excluding carboxylic acids is 2. The topological polar surface area (TPSA) is 123 Å². The summed E-state index contributed by atoms with van der Waals surface area (Å²) in [6, 6.07) is 16.3. The van der Waals surface area contributed by atoms with E-state index in [0.29, 0.717) is 12.8 Å². The molecule has 0 saturated carbocycles. The van der Waals surface area contributed by atoms with Crippen LogP contribution in [0.1, 0.15) is 29.9 Å². The van der Waals surface area contributed by atoms with E-state index in [2.05, 4.69) is 34.9 Å². The molecule has 0 aromatic heterocycles. The second kappa shape index (κ2) is 10.7. The summed E-state index contributed by atoms with van der Waals surface area (Å²) >= 11 is 0. The molecule has 1 saturated heterocycles. The molecular weight excluding hydrogens is 440 g/mol. The fourth-order valence-corrected chi connectivity index (χ4v) is 4.47. The average Bonchev–Trinajstić information content (AvgIpc) is 3.44. The average molecular weight is 469 g/mol. The number of nitrogens with one attached hydrogen (secondary N) is 2. The first-order valence-corrected chi connectivity index (χ1v) is 11.3. The molecule has 0 radical (unpaired) electrons. The largest absolute Gasteiger partial charge is 0.479 e. The van der Waals surface area contributed by atoms with Crippen LogP contribution in [0.25, 0.3) is 11.1 Å². The molecule has 3 N–H and O–H groups in total. The summed E-state index contributed by atoms with van der Waals surface area (Å²) < 4.78 is 16.0. The van der Waals surface area contributed by atoms with Gasteiger partial charge in [-0.25, -0.2) is 9.59 Å². The molecule has 0 spiro atoms. The summed E-state index contributed by atoms with van der Waals surface area (Å²) in [6.45, 7) is 0.296. The van der Waals surface area contributed by atoms with Gasteiger partial charge in [-0.2, -0.15) is 0 Å². The number of benzene rings is 2. The van der Waals surface area contributed by atoms with Gasteiger partial charge in [-0.15, -0.1) is 0 Å². The molecular formula is C25H28N2O7. The van der Waals surface area contributed by atoms with Crippen LogP contribution in [0, 0.1) is 0 Å². The van der Waals surface area contributed by atoms with Crippen LogP contribution in [0.4, 0.5) is 4.79 Å². The standard InChI is InChI=1S/C25H28N2O7/c1-32-22(24(29)30)13-26-23(28)21-11-10-15(34-21)12-27-25(31)33-14-20-18-8-4-2-6-16(18)17-7-3-5-9-19(17)20/h2-9,15,20-22H,10-14H2,1H3,(H,26,28)(H,27,31)(H,29,30). The van der Waals surface area contributed by atoms with Crippen molar-refractivity contribution < 1.29 is 33.7 Å². The number of rotatable bonds is 9. The first kappa shape index (κ1) is 23.7. The zero-order valence-electron chi connectivity index (χ0n) is 18.9. The molecule has 0 bridgehead atoms. The van der Waals surface area contributed by atoms with E-state index in [1.807, 2.05) is 24.3 Å². The summed E-state index contributed by atoms with van der Waals surface area (Å²) in [5, 5.41) is 14.2. The number of hydrogen-bond donors (Lipinski definition) is 3. The fourth-order valence-electron chi connectivity index (χ4n) is 4.47. The minimum Gasteiger partial charge on any atom is -0.479 e. The van der Waals surface area contributed by atoms with E-state index >= 15 is 0 Å². The van der Waals surface area contributed by atoms with Crippen molar-refractivity contribution in [3.05, 3.63) is 59.7 Å². The normalized spacial score (nSPS) is 19.7. The number of methoxy groups -OCH3 is 1. The molecule has 9 nitrogen and oxygen atoms in total. The molecule has 2 aromatic carbocycles. The van der Waals surface area contributed by atoms with Gasteiger partial charge in [-0.05, 0) is 35.1 Å². The lowest BCUT2D eigenvalue weighted by Crippen LogP contribution is -2.42. The van der Waals surface area contributed by atoms with Crippen LogP contribution in [-0.4, -0.2) is 68.2 Å². The van der Waals surface area contributed by atoms with Gasteiger partial charge in [-0.3, -0.25) is 4.79 Å². The van der Waals surface area contributed by atoms with Gasteiger partial charge in [0.1, 0.15) is 12.7 Å². The Morgan fingerprint density at radius 1 is 1.03 bits per heavy atom. The Balaban J connectivity index is 1.22. The number of alkyl carbamates (subject to hydrolysis) is 1. The van der Waals surface area contributed by atoms with E-state index < -0.39 is 30.2 Å². The molecule has 3 atom stereocenters. The molecule has 9 heteroatoms. The predicted molar refractivity (Wildman–Crippen MR) is 122 cm³/mol. The number of carboxylic acids is 1. The number of hydrogen-bond acceptors (Lipinski definition) is 6. The van der Waals surface area contributed by atoms with Crippen molar-refractivity contribution in [2.45, 2.75) is 37.1 Å². The van der Waals surface area contributed by atoms with Gasteiger partial charge in [0.25, 0.3) is 0 Å². The maximum atomic E-state index is 12.3. The van der Waals surface area contributed by atoms with E-state index in [1.54, 1.807) is 0 Å². The molecule has 3 unspecified atom stereocenters. The molecule has 1 fully saturated rings. The van der Waals surface area contributed by atoms with Gasteiger partial charge in [-0.1, -0.05) is 48.5 Å². The summed E-state index contributed by atoms with van der Waals surface area (Å²) in [6.07, 6.45) is -1.60. The maximum absolute atomic E-state index is 12.3. The Labute approximate surface area is 197 Å². The number of carbonyl (C=O) groups is 3. The lowest BCUT2D eigenvalue weighted by atomic mass is 9.98. The molecule has 1 aliphatic heterocycles. The van der Waals surface area contributed by atoms with Crippen LogP contribution >= 0.6 is 0 Å². The number of carboxylic acid groups (broad SMARTS) is 1.